The summed E-state index contributed by atoms with van der Waals surface area (Å²) in [4.78, 5) is 29.6. The van der Waals surface area contributed by atoms with Crippen molar-refractivity contribution >= 4 is 39.2 Å². The van der Waals surface area contributed by atoms with Gasteiger partial charge in [-0.3, -0.25) is 14.2 Å². The van der Waals surface area contributed by atoms with Gasteiger partial charge in [-0.15, -0.1) is 0 Å². The van der Waals surface area contributed by atoms with Gasteiger partial charge in [-0.2, -0.15) is 0 Å². The van der Waals surface area contributed by atoms with E-state index in [1.54, 1.807) is 17.6 Å². The maximum Gasteiger partial charge on any atom is 0.265 e. The summed E-state index contributed by atoms with van der Waals surface area (Å²) in [5, 5.41) is 5.74. The molecule has 1 saturated heterocycles. The first-order valence-corrected chi connectivity index (χ1v) is 10.8. The van der Waals surface area contributed by atoms with E-state index in [2.05, 4.69) is 10.1 Å². The molecule has 7 heteroatoms. The van der Waals surface area contributed by atoms with Crippen molar-refractivity contribution in [3.8, 4) is 0 Å². The molecule has 3 aromatic rings. The van der Waals surface area contributed by atoms with Gasteiger partial charge in [-0.1, -0.05) is 29.2 Å². The number of carbonyl (C=O) groups excluding carboxylic acids is 1. The van der Waals surface area contributed by atoms with Gasteiger partial charge in [0.1, 0.15) is 22.2 Å². The first kappa shape index (κ1) is 18.8. The van der Waals surface area contributed by atoms with Gasteiger partial charge in [0, 0.05) is 18.4 Å². The predicted molar refractivity (Wildman–Crippen MR) is 113 cm³/mol. The van der Waals surface area contributed by atoms with Crippen molar-refractivity contribution in [2.75, 3.05) is 19.6 Å². The van der Waals surface area contributed by atoms with Gasteiger partial charge in [0.15, 0.2) is 5.78 Å². The van der Waals surface area contributed by atoms with Crippen LogP contribution in [0.5, 0.6) is 0 Å². The summed E-state index contributed by atoms with van der Waals surface area (Å²) in [5.74, 6) is 0.604. The standard InChI is InChI=1S/C22H24ClN3O3/c1-14-18-20(24-29-14)19-15(23)7-6-8-16(19)26(21(18)28)22(10-3-2-9-17(22)27)13-25-11-4-5-12-25/h6-8H,2-5,9-13H2,1H3. The summed E-state index contributed by atoms with van der Waals surface area (Å²) in [5.41, 5.74) is 0.0604. The zero-order chi connectivity index (χ0) is 20.2. The normalized spacial score (nSPS) is 23.4. The zero-order valence-electron chi connectivity index (χ0n) is 16.5. The Morgan fingerprint density at radius 2 is 1.93 bits per heavy atom. The summed E-state index contributed by atoms with van der Waals surface area (Å²) >= 11 is 6.57. The van der Waals surface area contributed by atoms with Gasteiger partial charge in [-0.05, 0) is 57.8 Å². The molecule has 0 spiro atoms. The highest BCUT2D eigenvalue weighted by atomic mass is 35.5. The van der Waals surface area contributed by atoms with Crippen LogP contribution in [-0.4, -0.2) is 40.0 Å². The number of fused-ring (bicyclic) bond motifs is 3. The number of hydrogen-bond donors (Lipinski definition) is 0. The van der Waals surface area contributed by atoms with Crippen LogP contribution < -0.4 is 5.56 Å². The van der Waals surface area contributed by atoms with Crippen LogP contribution in [0.2, 0.25) is 5.02 Å². The number of likely N-dealkylation sites (tertiary alicyclic amines) is 1. The predicted octanol–water partition coefficient (Wildman–Crippen LogP) is 4.04. The largest absolute Gasteiger partial charge is 0.360 e. The monoisotopic (exact) mass is 413 g/mol. The number of aromatic nitrogens is 2. The van der Waals surface area contributed by atoms with Gasteiger partial charge >= 0.3 is 0 Å². The number of pyridine rings is 1. The summed E-state index contributed by atoms with van der Waals surface area (Å²) in [6, 6.07) is 5.49. The number of hydrogen-bond acceptors (Lipinski definition) is 5. The second-order valence-corrected chi connectivity index (χ2v) is 8.79. The number of aryl methyl sites for hydroxylation is 1. The van der Waals surface area contributed by atoms with Crippen LogP contribution in [-0.2, 0) is 10.3 Å². The van der Waals surface area contributed by atoms with Gasteiger partial charge in [0.2, 0.25) is 0 Å². The molecule has 29 heavy (non-hydrogen) atoms. The third-order valence-electron chi connectivity index (χ3n) is 6.62. The number of rotatable bonds is 3. The van der Waals surface area contributed by atoms with Crippen LogP contribution in [0.3, 0.4) is 0 Å². The second kappa shape index (κ2) is 6.96. The molecule has 0 bridgehead atoms. The quantitative estimate of drug-likeness (QED) is 0.648. The minimum absolute atomic E-state index is 0.146. The Morgan fingerprint density at radius 3 is 2.69 bits per heavy atom. The molecule has 5 rings (SSSR count). The first-order valence-electron chi connectivity index (χ1n) is 10.4. The minimum Gasteiger partial charge on any atom is -0.360 e. The highest BCUT2D eigenvalue weighted by molar-refractivity contribution is 6.37. The molecule has 1 aromatic carbocycles. The molecule has 0 amide bonds. The van der Waals surface area contributed by atoms with E-state index >= 15 is 0 Å². The molecule has 1 atom stereocenters. The molecular weight excluding hydrogens is 390 g/mol. The number of Topliss-reactive ketones (excluding diaryl/α,β-unsaturated/α-hetero) is 1. The fraction of sp³-hybridized carbons (Fsp3) is 0.500. The lowest BCUT2D eigenvalue weighted by Crippen LogP contribution is -2.55. The molecule has 0 radical (unpaired) electrons. The molecule has 6 nitrogen and oxygen atoms in total. The van der Waals surface area contributed by atoms with E-state index in [-0.39, 0.29) is 11.3 Å². The molecular formula is C22H24ClN3O3. The van der Waals surface area contributed by atoms with Crippen LogP contribution in [0.15, 0.2) is 27.5 Å². The molecule has 1 aliphatic carbocycles. The van der Waals surface area contributed by atoms with Crippen LogP contribution in [0.25, 0.3) is 21.8 Å². The Balaban J connectivity index is 1.88. The Kier molecular flexibility index (Phi) is 4.51. The van der Waals surface area contributed by atoms with Crippen molar-refractivity contribution in [3.63, 3.8) is 0 Å². The van der Waals surface area contributed by atoms with Gasteiger partial charge in [0.05, 0.1) is 10.5 Å². The van der Waals surface area contributed by atoms with E-state index in [4.69, 9.17) is 16.1 Å². The Hall–Kier alpha value is -2.18. The first-order chi connectivity index (χ1) is 14.0. The molecule has 2 aromatic heterocycles. The van der Waals surface area contributed by atoms with Crippen LogP contribution >= 0.6 is 11.6 Å². The minimum atomic E-state index is -0.874. The maximum atomic E-state index is 13.8. The smallest absolute Gasteiger partial charge is 0.265 e. The highest BCUT2D eigenvalue weighted by Gasteiger charge is 2.45. The topological polar surface area (TPSA) is 68.3 Å². The molecule has 2 aliphatic rings. The number of ketones is 1. The second-order valence-electron chi connectivity index (χ2n) is 8.38. The van der Waals surface area contributed by atoms with E-state index in [0.717, 1.165) is 38.8 Å². The number of carbonyl (C=O) groups is 1. The summed E-state index contributed by atoms with van der Waals surface area (Å²) in [7, 11) is 0. The summed E-state index contributed by atoms with van der Waals surface area (Å²) < 4.78 is 7.11. The van der Waals surface area contributed by atoms with E-state index < -0.39 is 5.54 Å². The molecule has 1 aliphatic heterocycles. The Labute approximate surface area is 173 Å². The number of benzene rings is 1. The fourth-order valence-electron chi connectivity index (χ4n) is 5.23. The Bertz CT molecular complexity index is 1180. The third-order valence-corrected chi connectivity index (χ3v) is 6.94. The van der Waals surface area contributed by atoms with E-state index in [0.29, 0.717) is 52.0 Å². The van der Waals surface area contributed by atoms with Crippen molar-refractivity contribution in [2.45, 2.75) is 51.0 Å². The van der Waals surface area contributed by atoms with Crippen LogP contribution in [0.4, 0.5) is 0 Å². The van der Waals surface area contributed by atoms with Gasteiger partial charge in [0.25, 0.3) is 5.56 Å². The SMILES string of the molecule is Cc1onc2c1c(=O)n(C1(CN3CCCC3)CCCCC1=O)c1cccc(Cl)c21. The maximum absolute atomic E-state index is 13.8. The van der Waals surface area contributed by atoms with E-state index in [1.165, 1.54) is 0 Å². The molecule has 3 heterocycles. The summed E-state index contributed by atoms with van der Waals surface area (Å²) in [6.07, 6.45) is 5.24. The fourth-order valence-corrected chi connectivity index (χ4v) is 5.49. The molecule has 152 valence electrons. The van der Waals surface area contributed by atoms with E-state index in [9.17, 15) is 9.59 Å². The highest BCUT2D eigenvalue weighted by Crippen LogP contribution is 2.38. The average Bonchev–Trinajstić information content (AvgIpc) is 3.34. The lowest BCUT2D eigenvalue weighted by molar-refractivity contribution is -0.131. The van der Waals surface area contributed by atoms with Crippen LogP contribution in [0, 0.1) is 6.92 Å². The van der Waals surface area contributed by atoms with Crippen LogP contribution in [0.1, 0.15) is 44.3 Å². The lowest BCUT2D eigenvalue weighted by atomic mass is 9.79. The van der Waals surface area contributed by atoms with Gasteiger partial charge in [-0.25, -0.2) is 0 Å². The molecule has 2 fully saturated rings. The van der Waals surface area contributed by atoms with Crippen molar-refractivity contribution in [1.82, 2.24) is 14.6 Å². The zero-order valence-corrected chi connectivity index (χ0v) is 17.3. The number of halogens is 1. The number of nitrogens with zero attached hydrogens (tertiary/aromatic N) is 3. The van der Waals surface area contributed by atoms with E-state index in [1.807, 2.05) is 12.1 Å². The van der Waals surface area contributed by atoms with Crippen molar-refractivity contribution in [3.05, 3.63) is 39.3 Å². The van der Waals surface area contributed by atoms with Gasteiger partial charge < -0.3 is 9.42 Å². The lowest BCUT2D eigenvalue weighted by Gasteiger charge is -2.41. The molecule has 0 N–H and O–H groups in total. The van der Waals surface area contributed by atoms with Crippen molar-refractivity contribution in [1.29, 1.82) is 0 Å². The summed E-state index contributed by atoms with van der Waals surface area (Å²) in [6.45, 7) is 4.25. The molecule has 1 saturated carbocycles. The van der Waals surface area contributed by atoms with Crippen molar-refractivity contribution in [2.24, 2.45) is 0 Å². The van der Waals surface area contributed by atoms with Crippen molar-refractivity contribution < 1.29 is 9.32 Å². The average molecular weight is 414 g/mol. The molecule has 1 unspecified atom stereocenters. The third kappa shape index (κ3) is 2.76. The Morgan fingerprint density at radius 1 is 1.14 bits per heavy atom.